The fourth-order valence-corrected chi connectivity index (χ4v) is 4.43. The Morgan fingerprint density at radius 1 is 1.36 bits per heavy atom. The van der Waals surface area contributed by atoms with E-state index in [1.165, 1.54) is 0 Å². The Bertz CT molecular complexity index is 898. The maximum absolute atomic E-state index is 13.2. The van der Waals surface area contributed by atoms with Crippen LogP contribution in [0.1, 0.15) is 28.5 Å². The normalized spacial score (nSPS) is 17.2. The van der Waals surface area contributed by atoms with Gasteiger partial charge in [-0.2, -0.15) is 0 Å². The van der Waals surface area contributed by atoms with E-state index in [-0.39, 0.29) is 11.9 Å². The van der Waals surface area contributed by atoms with Crippen LogP contribution in [0.3, 0.4) is 0 Å². The lowest BCUT2D eigenvalue weighted by molar-refractivity contribution is 0.0673. The Balaban J connectivity index is 1.61. The first-order chi connectivity index (χ1) is 12.1. The molecule has 1 unspecified atom stereocenters. The zero-order valence-corrected chi connectivity index (χ0v) is 15.4. The Kier molecular flexibility index (Phi) is 4.31. The lowest BCUT2D eigenvalue weighted by Gasteiger charge is -2.35. The first kappa shape index (κ1) is 16.3. The van der Waals surface area contributed by atoms with Crippen molar-refractivity contribution in [3.8, 4) is 0 Å². The Hall–Kier alpha value is -2.18. The highest BCUT2D eigenvalue weighted by molar-refractivity contribution is 7.17. The van der Waals surface area contributed by atoms with Crippen LogP contribution in [0, 0.1) is 0 Å². The van der Waals surface area contributed by atoms with Crippen molar-refractivity contribution in [3.63, 3.8) is 0 Å². The van der Waals surface area contributed by atoms with Crippen molar-refractivity contribution in [2.45, 2.75) is 19.0 Å². The molecule has 1 atom stereocenters. The van der Waals surface area contributed by atoms with Gasteiger partial charge in [0, 0.05) is 28.2 Å². The number of imidazole rings is 1. The maximum atomic E-state index is 13.2. The van der Waals surface area contributed by atoms with E-state index in [9.17, 15) is 4.79 Å². The van der Waals surface area contributed by atoms with E-state index in [1.54, 1.807) is 11.3 Å². The number of benzene rings is 1. The monoisotopic (exact) mass is 354 g/mol. The van der Waals surface area contributed by atoms with Gasteiger partial charge in [0.25, 0.3) is 5.91 Å². The fraction of sp³-hybridized carbons (Fsp3) is 0.368. The molecule has 6 heteroatoms. The van der Waals surface area contributed by atoms with Gasteiger partial charge in [-0.05, 0) is 33.1 Å². The summed E-state index contributed by atoms with van der Waals surface area (Å²) in [7, 11) is 4.16. The summed E-state index contributed by atoms with van der Waals surface area (Å²) in [5.74, 6) is 0.125. The van der Waals surface area contributed by atoms with Crippen LogP contribution in [0.5, 0.6) is 0 Å². The molecule has 2 aromatic heterocycles. The lowest BCUT2D eigenvalue weighted by Crippen LogP contribution is -2.41. The van der Waals surface area contributed by atoms with Crippen LogP contribution in [0.4, 0.5) is 0 Å². The number of hydrogen-bond acceptors (Lipinski definition) is 4. The molecule has 0 N–H and O–H groups in total. The molecule has 3 heterocycles. The highest BCUT2D eigenvalue weighted by Crippen LogP contribution is 2.30. The Labute approximate surface area is 151 Å². The number of amides is 1. The van der Waals surface area contributed by atoms with Crippen molar-refractivity contribution in [1.82, 2.24) is 19.4 Å². The molecular formula is C19H22N4OS. The molecule has 0 radical (unpaired) electrons. The summed E-state index contributed by atoms with van der Waals surface area (Å²) in [4.78, 5) is 21.6. The van der Waals surface area contributed by atoms with Gasteiger partial charge in [-0.15, -0.1) is 11.3 Å². The van der Waals surface area contributed by atoms with Gasteiger partial charge < -0.3 is 14.4 Å². The molecule has 0 fully saturated rings. The number of aromatic nitrogens is 2. The van der Waals surface area contributed by atoms with Gasteiger partial charge in [-0.3, -0.25) is 4.79 Å². The molecule has 1 aliphatic heterocycles. The SMILES string of the molecule is CN(C)CCC1CN(C(=O)c2csc3ccccc23)Cc2cncn21. The van der Waals surface area contributed by atoms with Gasteiger partial charge in [0.05, 0.1) is 30.2 Å². The standard InChI is InChI=1S/C19H22N4OS/c1-21(2)8-7-14-10-22(11-15-9-20-13-23(14)15)19(24)17-12-25-18-6-4-3-5-16(17)18/h3-6,9,12-14H,7-8,10-11H2,1-2H3. The first-order valence-electron chi connectivity index (χ1n) is 8.54. The van der Waals surface area contributed by atoms with Gasteiger partial charge in [0.1, 0.15) is 0 Å². The quantitative estimate of drug-likeness (QED) is 0.722. The highest BCUT2D eigenvalue weighted by atomic mass is 32.1. The minimum Gasteiger partial charge on any atom is -0.331 e. The topological polar surface area (TPSA) is 41.4 Å². The van der Waals surface area contributed by atoms with Crippen molar-refractivity contribution in [2.75, 3.05) is 27.2 Å². The molecule has 130 valence electrons. The molecule has 0 saturated carbocycles. The van der Waals surface area contributed by atoms with Crippen molar-refractivity contribution < 1.29 is 4.79 Å². The molecule has 1 aliphatic rings. The molecule has 3 aromatic rings. The third kappa shape index (κ3) is 3.07. The number of rotatable bonds is 4. The van der Waals surface area contributed by atoms with E-state index in [1.807, 2.05) is 41.0 Å². The number of hydrogen-bond donors (Lipinski definition) is 0. The van der Waals surface area contributed by atoms with Gasteiger partial charge in [-0.1, -0.05) is 18.2 Å². The molecular weight excluding hydrogens is 332 g/mol. The van der Waals surface area contributed by atoms with Crippen LogP contribution in [0.2, 0.25) is 0 Å². The van der Waals surface area contributed by atoms with E-state index >= 15 is 0 Å². The summed E-state index contributed by atoms with van der Waals surface area (Å²) in [5, 5.41) is 3.05. The van der Waals surface area contributed by atoms with Crippen molar-refractivity contribution in [2.24, 2.45) is 0 Å². The van der Waals surface area contributed by atoms with E-state index < -0.39 is 0 Å². The third-order valence-corrected chi connectivity index (χ3v) is 5.80. The van der Waals surface area contributed by atoms with Gasteiger partial charge in [0.2, 0.25) is 0 Å². The minimum absolute atomic E-state index is 0.125. The third-order valence-electron chi connectivity index (χ3n) is 4.83. The summed E-state index contributed by atoms with van der Waals surface area (Å²) < 4.78 is 3.40. The van der Waals surface area contributed by atoms with Gasteiger partial charge in [0.15, 0.2) is 0 Å². The average Bonchev–Trinajstić information content (AvgIpc) is 3.25. The van der Waals surface area contributed by atoms with E-state index in [0.29, 0.717) is 6.54 Å². The molecule has 0 spiro atoms. The van der Waals surface area contributed by atoms with Crippen molar-refractivity contribution in [1.29, 1.82) is 0 Å². The molecule has 0 bridgehead atoms. The zero-order valence-electron chi connectivity index (χ0n) is 14.6. The zero-order chi connectivity index (χ0) is 17.4. The van der Waals surface area contributed by atoms with Crippen LogP contribution in [-0.2, 0) is 6.54 Å². The lowest BCUT2D eigenvalue weighted by atomic mass is 10.1. The number of carbonyl (C=O) groups excluding carboxylic acids is 1. The maximum Gasteiger partial charge on any atom is 0.255 e. The summed E-state index contributed by atoms with van der Waals surface area (Å²) in [5.41, 5.74) is 1.93. The van der Waals surface area contributed by atoms with Crippen LogP contribution >= 0.6 is 11.3 Å². The first-order valence-corrected chi connectivity index (χ1v) is 9.42. The van der Waals surface area contributed by atoms with E-state index in [0.717, 1.165) is 40.9 Å². The van der Waals surface area contributed by atoms with E-state index in [4.69, 9.17) is 0 Å². The summed E-state index contributed by atoms with van der Waals surface area (Å²) >= 11 is 1.64. The van der Waals surface area contributed by atoms with Gasteiger partial charge in [-0.25, -0.2) is 4.98 Å². The highest BCUT2D eigenvalue weighted by Gasteiger charge is 2.29. The summed E-state index contributed by atoms with van der Waals surface area (Å²) in [6, 6.07) is 8.40. The summed E-state index contributed by atoms with van der Waals surface area (Å²) in [6.07, 6.45) is 4.79. The molecule has 1 aromatic carbocycles. The Morgan fingerprint density at radius 2 is 2.20 bits per heavy atom. The van der Waals surface area contributed by atoms with Crippen LogP contribution in [-0.4, -0.2) is 52.4 Å². The van der Waals surface area contributed by atoms with Crippen LogP contribution in [0.25, 0.3) is 10.1 Å². The number of nitrogens with zero attached hydrogens (tertiary/aromatic N) is 4. The van der Waals surface area contributed by atoms with E-state index in [2.05, 4.69) is 34.6 Å². The second-order valence-corrected chi connectivity index (χ2v) is 7.78. The molecule has 5 nitrogen and oxygen atoms in total. The van der Waals surface area contributed by atoms with Crippen LogP contribution < -0.4 is 0 Å². The second kappa shape index (κ2) is 6.61. The smallest absolute Gasteiger partial charge is 0.255 e. The number of fused-ring (bicyclic) bond motifs is 2. The molecule has 0 saturated heterocycles. The predicted octanol–water partition coefficient (Wildman–Crippen LogP) is 3.25. The Morgan fingerprint density at radius 3 is 3.04 bits per heavy atom. The summed E-state index contributed by atoms with van der Waals surface area (Å²) in [6.45, 7) is 2.35. The van der Waals surface area contributed by atoms with Crippen LogP contribution in [0.15, 0.2) is 42.2 Å². The van der Waals surface area contributed by atoms with Crippen molar-refractivity contribution >= 4 is 27.3 Å². The molecule has 25 heavy (non-hydrogen) atoms. The molecule has 4 rings (SSSR count). The fourth-order valence-electron chi connectivity index (χ4n) is 3.49. The predicted molar refractivity (Wildman–Crippen MR) is 101 cm³/mol. The van der Waals surface area contributed by atoms with Gasteiger partial charge >= 0.3 is 0 Å². The van der Waals surface area contributed by atoms with Crippen molar-refractivity contribution in [3.05, 3.63) is 53.4 Å². The molecule has 1 amide bonds. The minimum atomic E-state index is 0.125. The molecule has 0 aliphatic carbocycles. The number of thiophene rings is 1. The average molecular weight is 354 g/mol. The number of carbonyl (C=O) groups is 1. The second-order valence-electron chi connectivity index (χ2n) is 6.87. The largest absolute Gasteiger partial charge is 0.331 e.